The Morgan fingerprint density at radius 2 is 2.14 bits per heavy atom. The summed E-state index contributed by atoms with van der Waals surface area (Å²) in [5.41, 5.74) is 2.24. The van der Waals surface area contributed by atoms with Crippen LogP contribution < -0.4 is 10.8 Å². The molecule has 1 saturated carbocycles. The molecule has 0 aromatic heterocycles. The molecule has 2 aliphatic heterocycles. The van der Waals surface area contributed by atoms with Gasteiger partial charge in [-0.05, 0) is 18.3 Å². The van der Waals surface area contributed by atoms with Gasteiger partial charge in [-0.15, -0.1) is 0 Å². The van der Waals surface area contributed by atoms with Crippen LogP contribution in [0.15, 0.2) is 0 Å². The zero-order chi connectivity index (χ0) is 15.1. The second-order valence-electron chi connectivity index (χ2n) is 5.40. The fourth-order valence-electron chi connectivity index (χ4n) is 3.18. The molecule has 3 fully saturated rings. The summed E-state index contributed by atoms with van der Waals surface area (Å²) in [4.78, 5) is 40.4. The standard InChI is InChI=1S/C11H16N4O6/c16-9(13-21-2-1-12-10(17)18)8-6-3-5(6)7-4-14(8)11(19)15(7)20/h5-8,12,20H,1-4H2,(H,13,16)(H,17,18)/t5-,6+,7+,8+/m0/s1. The van der Waals surface area contributed by atoms with E-state index < -0.39 is 24.1 Å². The Hall–Kier alpha value is -2.07. The van der Waals surface area contributed by atoms with Gasteiger partial charge in [0.2, 0.25) is 0 Å². The van der Waals surface area contributed by atoms with Gasteiger partial charge in [0, 0.05) is 13.1 Å². The third-order valence-electron chi connectivity index (χ3n) is 4.19. The van der Waals surface area contributed by atoms with Crippen molar-refractivity contribution in [3.05, 3.63) is 0 Å². The summed E-state index contributed by atoms with van der Waals surface area (Å²) in [7, 11) is 0. The number of hydrogen-bond acceptors (Lipinski definition) is 5. The number of nitrogens with zero attached hydrogens (tertiary/aromatic N) is 2. The van der Waals surface area contributed by atoms with Crippen LogP contribution >= 0.6 is 0 Å². The molecule has 10 heteroatoms. The Bertz CT molecular complexity index is 485. The van der Waals surface area contributed by atoms with Crippen molar-refractivity contribution in [1.82, 2.24) is 20.8 Å². The molecule has 1 aliphatic carbocycles. The molecule has 0 aromatic carbocycles. The number of urea groups is 1. The molecule has 21 heavy (non-hydrogen) atoms. The fourth-order valence-corrected chi connectivity index (χ4v) is 3.18. The number of carbonyl (C=O) groups excluding carboxylic acids is 2. The molecular formula is C11H16N4O6. The molecule has 116 valence electrons. The second-order valence-corrected chi connectivity index (χ2v) is 5.40. The highest BCUT2D eigenvalue weighted by Gasteiger charge is 2.63. The summed E-state index contributed by atoms with van der Waals surface area (Å²) < 4.78 is 0. The Balaban J connectivity index is 1.51. The van der Waals surface area contributed by atoms with E-state index in [1.807, 2.05) is 0 Å². The molecule has 0 radical (unpaired) electrons. The van der Waals surface area contributed by atoms with Gasteiger partial charge in [-0.1, -0.05) is 0 Å². The van der Waals surface area contributed by atoms with Gasteiger partial charge < -0.3 is 15.3 Å². The lowest BCUT2D eigenvalue weighted by molar-refractivity contribution is -0.139. The number of nitrogens with one attached hydrogen (secondary N) is 2. The van der Waals surface area contributed by atoms with Gasteiger partial charge in [0.05, 0.1) is 12.6 Å². The van der Waals surface area contributed by atoms with E-state index in [4.69, 9.17) is 9.94 Å². The molecule has 2 heterocycles. The number of carboxylic acid groups (broad SMARTS) is 1. The average molecular weight is 300 g/mol. The molecule has 0 unspecified atom stereocenters. The van der Waals surface area contributed by atoms with Crippen LogP contribution in [0.3, 0.4) is 0 Å². The Morgan fingerprint density at radius 3 is 2.86 bits per heavy atom. The first-order valence-electron chi connectivity index (χ1n) is 6.68. The van der Waals surface area contributed by atoms with Crippen molar-refractivity contribution < 1.29 is 29.5 Å². The SMILES string of the molecule is O=C(O)NCCONC(=O)[C@H]1[C@@H]2C[C@@H]2[C@H]2CN1C(=O)N2O. The molecule has 2 saturated heterocycles. The van der Waals surface area contributed by atoms with Crippen molar-refractivity contribution in [3.63, 3.8) is 0 Å². The third-order valence-corrected chi connectivity index (χ3v) is 4.19. The molecule has 3 aliphatic rings. The number of carbonyl (C=O) groups is 3. The van der Waals surface area contributed by atoms with Crippen molar-refractivity contribution in [3.8, 4) is 0 Å². The largest absolute Gasteiger partial charge is 0.465 e. The van der Waals surface area contributed by atoms with E-state index in [-0.39, 0.29) is 31.0 Å². The Kier molecular flexibility index (Phi) is 3.33. The van der Waals surface area contributed by atoms with Gasteiger partial charge in [-0.2, -0.15) is 0 Å². The van der Waals surface area contributed by atoms with Gasteiger partial charge in [0.15, 0.2) is 0 Å². The van der Waals surface area contributed by atoms with Crippen LogP contribution in [0.4, 0.5) is 9.59 Å². The van der Waals surface area contributed by atoms with Crippen LogP contribution in [0, 0.1) is 11.8 Å². The first-order valence-corrected chi connectivity index (χ1v) is 6.68. The number of amides is 4. The summed E-state index contributed by atoms with van der Waals surface area (Å²) in [6, 6.07) is -1.41. The molecule has 4 N–H and O–H groups in total. The van der Waals surface area contributed by atoms with Crippen LogP contribution in [0.5, 0.6) is 0 Å². The van der Waals surface area contributed by atoms with Crippen LogP contribution in [0.25, 0.3) is 0 Å². The monoisotopic (exact) mass is 300 g/mol. The average Bonchev–Trinajstić information content (AvgIpc) is 3.18. The van der Waals surface area contributed by atoms with Crippen molar-refractivity contribution >= 4 is 18.0 Å². The lowest BCUT2D eigenvalue weighted by Gasteiger charge is -2.28. The Labute approximate surface area is 119 Å². The predicted molar refractivity (Wildman–Crippen MR) is 65.0 cm³/mol. The maximum atomic E-state index is 12.1. The van der Waals surface area contributed by atoms with Crippen LogP contribution in [-0.4, -0.2) is 70.1 Å². The van der Waals surface area contributed by atoms with Crippen molar-refractivity contribution in [1.29, 1.82) is 0 Å². The highest BCUT2D eigenvalue weighted by molar-refractivity contribution is 5.89. The normalized spacial score (nSPS) is 32.7. The van der Waals surface area contributed by atoms with Gasteiger partial charge in [0.1, 0.15) is 6.04 Å². The van der Waals surface area contributed by atoms with E-state index in [1.165, 1.54) is 4.90 Å². The zero-order valence-corrected chi connectivity index (χ0v) is 11.1. The number of fused-ring (bicyclic) bond motifs is 4. The predicted octanol–water partition coefficient (Wildman–Crippen LogP) is -1.18. The highest BCUT2D eigenvalue weighted by atomic mass is 16.7. The van der Waals surface area contributed by atoms with Crippen LogP contribution in [0.2, 0.25) is 0 Å². The summed E-state index contributed by atoms with van der Waals surface area (Å²) in [5.74, 6) is -0.243. The summed E-state index contributed by atoms with van der Waals surface area (Å²) >= 11 is 0. The van der Waals surface area contributed by atoms with Crippen LogP contribution in [0.1, 0.15) is 6.42 Å². The molecule has 0 spiro atoms. The molecule has 4 atom stereocenters. The minimum atomic E-state index is -1.17. The Morgan fingerprint density at radius 1 is 1.38 bits per heavy atom. The highest BCUT2D eigenvalue weighted by Crippen LogP contribution is 2.53. The number of hydroxylamine groups is 3. The molecular weight excluding hydrogens is 284 g/mol. The fraction of sp³-hybridized carbons (Fsp3) is 0.727. The van der Waals surface area contributed by atoms with E-state index in [9.17, 15) is 19.6 Å². The molecule has 4 amide bonds. The second kappa shape index (κ2) is 5.04. The summed E-state index contributed by atoms with van der Waals surface area (Å²) in [6.07, 6.45) is -0.376. The maximum Gasteiger partial charge on any atom is 0.404 e. The van der Waals surface area contributed by atoms with Gasteiger partial charge in [-0.25, -0.2) is 20.1 Å². The van der Waals surface area contributed by atoms with E-state index in [1.54, 1.807) is 0 Å². The van der Waals surface area contributed by atoms with E-state index in [0.717, 1.165) is 11.5 Å². The minimum absolute atomic E-state index is 0.0123. The topological polar surface area (TPSA) is 131 Å². The van der Waals surface area contributed by atoms with Crippen molar-refractivity contribution in [2.75, 3.05) is 19.7 Å². The minimum Gasteiger partial charge on any atom is -0.465 e. The number of hydrogen-bond donors (Lipinski definition) is 4. The lowest BCUT2D eigenvalue weighted by Crippen LogP contribution is -2.51. The van der Waals surface area contributed by atoms with E-state index >= 15 is 0 Å². The first-order chi connectivity index (χ1) is 10.0. The summed E-state index contributed by atoms with van der Waals surface area (Å²) in [6.45, 7) is 0.373. The molecule has 10 nitrogen and oxygen atoms in total. The zero-order valence-electron chi connectivity index (χ0n) is 11.1. The van der Waals surface area contributed by atoms with Gasteiger partial charge in [0.25, 0.3) is 5.91 Å². The first kappa shape index (κ1) is 13.9. The molecule has 2 bridgehead atoms. The number of piperidine rings is 1. The van der Waals surface area contributed by atoms with Gasteiger partial charge in [-0.3, -0.25) is 14.8 Å². The maximum absolute atomic E-state index is 12.1. The molecule has 3 rings (SSSR count). The quantitative estimate of drug-likeness (QED) is 0.287. The van der Waals surface area contributed by atoms with Crippen molar-refractivity contribution in [2.24, 2.45) is 11.8 Å². The van der Waals surface area contributed by atoms with E-state index in [2.05, 4.69) is 10.8 Å². The third kappa shape index (κ3) is 2.36. The van der Waals surface area contributed by atoms with Crippen LogP contribution in [-0.2, 0) is 9.63 Å². The lowest BCUT2D eigenvalue weighted by atomic mass is 10.0. The molecule has 0 aromatic rings. The summed E-state index contributed by atoms with van der Waals surface area (Å²) in [5, 5.41) is 20.9. The van der Waals surface area contributed by atoms with Gasteiger partial charge >= 0.3 is 12.1 Å². The van der Waals surface area contributed by atoms with Crippen molar-refractivity contribution in [2.45, 2.75) is 18.5 Å². The number of rotatable bonds is 5. The van der Waals surface area contributed by atoms with E-state index in [0.29, 0.717) is 6.54 Å². The smallest absolute Gasteiger partial charge is 0.404 e.